The van der Waals surface area contributed by atoms with E-state index < -0.39 is 0 Å². The molecule has 4 heteroatoms. The Labute approximate surface area is 114 Å². The van der Waals surface area contributed by atoms with Crippen molar-refractivity contribution in [1.29, 1.82) is 0 Å². The van der Waals surface area contributed by atoms with Gasteiger partial charge < -0.3 is 15.0 Å². The number of likely N-dealkylation sites (tertiary alicyclic amines) is 1. The van der Waals surface area contributed by atoms with E-state index in [9.17, 15) is 4.79 Å². The SMILES string of the molecule is CNC(C)c1cccc(OCC(=O)N2CCCC2)c1. The number of amides is 1. The van der Waals surface area contributed by atoms with Gasteiger partial charge in [-0.2, -0.15) is 0 Å². The maximum atomic E-state index is 11.9. The molecule has 1 aliphatic heterocycles. The maximum Gasteiger partial charge on any atom is 0.260 e. The minimum absolute atomic E-state index is 0.0876. The first-order valence-corrected chi connectivity index (χ1v) is 6.88. The first kappa shape index (κ1) is 13.9. The highest BCUT2D eigenvalue weighted by Crippen LogP contribution is 2.19. The molecule has 1 aliphatic rings. The van der Waals surface area contributed by atoms with Crippen LogP contribution in [0.2, 0.25) is 0 Å². The van der Waals surface area contributed by atoms with Gasteiger partial charge in [0.2, 0.25) is 0 Å². The third-order valence-corrected chi connectivity index (χ3v) is 3.61. The molecule has 1 aromatic rings. The first-order chi connectivity index (χ1) is 9.20. The topological polar surface area (TPSA) is 41.6 Å². The summed E-state index contributed by atoms with van der Waals surface area (Å²) in [6, 6.07) is 8.16. The molecule has 1 unspecified atom stereocenters. The Morgan fingerprint density at radius 2 is 2.16 bits per heavy atom. The molecule has 0 bridgehead atoms. The maximum absolute atomic E-state index is 11.9. The Morgan fingerprint density at radius 3 is 2.84 bits per heavy atom. The lowest BCUT2D eigenvalue weighted by Crippen LogP contribution is -2.32. The minimum Gasteiger partial charge on any atom is -0.484 e. The number of rotatable bonds is 5. The molecular formula is C15H22N2O2. The summed E-state index contributed by atoms with van der Waals surface area (Å²) in [4.78, 5) is 13.8. The summed E-state index contributed by atoms with van der Waals surface area (Å²) in [5.74, 6) is 0.844. The van der Waals surface area contributed by atoms with Crippen molar-refractivity contribution in [2.45, 2.75) is 25.8 Å². The van der Waals surface area contributed by atoms with Crippen LogP contribution in [0.1, 0.15) is 31.4 Å². The summed E-state index contributed by atoms with van der Waals surface area (Å²) in [5, 5.41) is 3.19. The molecule has 0 spiro atoms. The molecule has 104 valence electrons. The van der Waals surface area contributed by atoms with Crippen molar-refractivity contribution >= 4 is 5.91 Å². The lowest BCUT2D eigenvalue weighted by Gasteiger charge is -2.16. The Balaban J connectivity index is 1.90. The van der Waals surface area contributed by atoms with Crippen LogP contribution in [0, 0.1) is 0 Å². The summed E-state index contributed by atoms with van der Waals surface area (Å²) in [6.45, 7) is 3.98. The third kappa shape index (κ3) is 3.70. The van der Waals surface area contributed by atoms with Crippen LogP contribution in [-0.4, -0.2) is 37.6 Å². The third-order valence-electron chi connectivity index (χ3n) is 3.61. The van der Waals surface area contributed by atoms with Crippen LogP contribution < -0.4 is 10.1 Å². The number of nitrogens with one attached hydrogen (secondary N) is 1. The van der Waals surface area contributed by atoms with Crippen molar-refractivity contribution in [2.24, 2.45) is 0 Å². The summed E-state index contributed by atoms with van der Waals surface area (Å²) in [7, 11) is 1.93. The minimum atomic E-state index is 0.0876. The quantitative estimate of drug-likeness (QED) is 0.882. The van der Waals surface area contributed by atoms with Gasteiger partial charge in [0.1, 0.15) is 5.75 Å². The van der Waals surface area contributed by atoms with Gasteiger partial charge in [0.05, 0.1) is 0 Å². The second-order valence-electron chi connectivity index (χ2n) is 4.96. The highest BCUT2D eigenvalue weighted by molar-refractivity contribution is 5.78. The van der Waals surface area contributed by atoms with Crippen molar-refractivity contribution in [3.8, 4) is 5.75 Å². The lowest BCUT2D eigenvalue weighted by atomic mass is 10.1. The second kappa shape index (κ2) is 6.57. The predicted octanol–water partition coefficient (Wildman–Crippen LogP) is 1.97. The molecule has 2 rings (SSSR count). The average molecular weight is 262 g/mol. The monoisotopic (exact) mass is 262 g/mol. The van der Waals surface area contributed by atoms with Crippen molar-refractivity contribution < 1.29 is 9.53 Å². The van der Waals surface area contributed by atoms with Crippen LogP contribution in [0.4, 0.5) is 0 Å². The van der Waals surface area contributed by atoms with Gasteiger partial charge in [-0.15, -0.1) is 0 Å². The zero-order valence-corrected chi connectivity index (χ0v) is 11.7. The van der Waals surface area contributed by atoms with Crippen LogP contribution in [0.25, 0.3) is 0 Å². The van der Waals surface area contributed by atoms with E-state index in [0.29, 0.717) is 0 Å². The number of ether oxygens (including phenoxy) is 1. The number of carbonyl (C=O) groups is 1. The highest BCUT2D eigenvalue weighted by atomic mass is 16.5. The van der Waals surface area contributed by atoms with E-state index >= 15 is 0 Å². The van der Waals surface area contributed by atoms with E-state index in [2.05, 4.69) is 18.3 Å². The highest BCUT2D eigenvalue weighted by Gasteiger charge is 2.18. The van der Waals surface area contributed by atoms with Crippen molar-refractivity contribution in [3.63, 3.8) is 0 Å². The van der Waals surface area contributed by atoms with Gasteiger partial charge in [-0.1, -0.05) is 12.1 Å². The van der Waals surface area contributed by atoms with Crippen LogP contribution in [0.15, 0.2) is 24.3 Å². The fourth-order valence-electron chi connectivity index (χ4n) is 2.24. The largest absolute Gasteiger partial charge is 0.484 e. The van der Waals surface area contributed by atoms with Gasteiger partial charge in [0, 0.05) is 19.1 Å². The summed E-state index contributed by atoms with van der Waals surface area (Å²) >= 11 is 0. The van der Waals surface area contributed by atoms with E-state index in [1.54, 1.807) is 0 Å². The molecule has 1 saturated heterocycles. The Kier molecular flexibility index (Phi) is 4.80. The van der Waals surface area contributed by atoms with E-state index in [1.807, 2.05) is 30.1 Å². The standard InChI is InChI=1S/C15H22N2O2/c1-12(16-2)13-6-5-7-14(10-13)19-11-15(18)17-8-3-4-9-17/h5-7,10,12,16H,3-4,8-9,11H2,1-2H3. The molecule has 1 N–H and O–H groups in total. The summed E-state index contributed by atoms with van der Waals surface area (Å²) in [6.07, 6.45) is 2.22. The Bertz CT molecular complexity index is 428. The first-order valence-electron chi connectivity index (χ1n) is 6.88. The fourth-order valence-corrected chi connectivity index (χ4v) is 2.24. The number of hydrogen-bond donors (Lipinski definition) is 1. The van der Waals surface area contributed by atoms with Crippen LogP contribution in [0.3, 0.4) is 0 Å². The number of hydrogen-bond acceptors (Lipinski definition) is 3. The number of carbonyl (C=O) groups excluding carboxylic acids is 1. The molecule has 0 radical (unpaired) electrons. The zero-order valence-electron chi connectivity index (χ0n) is 11.7. The molecule has 1 aromatic carbocycles. The summed E-state index contributed by atoms with van der Waals surface area (Å²) in [5.41, 5.74) is 1.16. The number of benzene rings is 1. The second-order valence-corrected chi connectivity index (χ2v) is 4.96. The van der Waals surface area contributed by atoms with Crippen molar-refractivity contribution in [1.82, 2.24) is 10.2 Å². The van der Waals surface area contributed by atoms with Crippen molar-refractivity contribution in [3.05, 3.63) is 29.8 Å². The van der Waals surface area contributed by atoms with Crippen LogP contribution >= 0.6 is 0 Å². The van der Waals surface area contributed by atoms with Crippen LogP contribution in [0.5, 0.6) is 5.75 Å². The average Bonchev–Trinajstić information content (AvgIpc) is 2.98. The van der Waals surface area contributed by atoms with Gasteiger partial charge in [-0.3, -0.25) is 4.79 Å². The molecule has 0 aromatic heterocycles. The lowest BCUT2D eigenvalue weighted by molar-refractivity contribution is -0.132. The Hall–Kier alpha value is -1.55. The van der Waals surface area contributed by atoms with Gasteiger partial charge in [-0.05, 0) is 44.5 Å². The van der Waals surface area contributed by atoms with Gasteiger partial charge >= 0.3 is 0 Å². The van der Waals surface area contributed by atoms with E-state index in [4.69, 9.17) is 4.74 Å². The van der Waals surface area contributed by atoms with Crippen LogP contribution in [-0.2, 0) is 4.79 Å². The summed E-state index contributed by atoms with van der Waals surface area (Å²) < 4.78 is 5.60. The van der Waals surface area contributed by atoms with Gasteiger partial charge in [-0.25, -0.2) is 0 Å². The van der Waals surface area contributed by atoms with Gasteiger partial charge in [0.15, 0.2) is 6.61 Å². The van der Waals surface area contributed by atoms with Crippen molar-refractivity contribution in [2.75, 3.05) is 26.7 Å². The molecule has 0 aliphatic carbocycles. The molecule has 4 nitrogen and oxygen atoms in total. The molecule has 0 saturated carbocycles. The number of nitrogens with zero attached hydrogens (tertiary/aromatic N) is 1. The van der Waals surface area contributed by atoms with E-state index in [1.165, 1.54) is 0 Å². The van der Waals surface area contributed by atoms with E-state index in [-0.39, 0.29) is 18.6 Å². The molecule has 1 fully saturated rings. The molecular weight excluding hydrogens is 240 g/mol. The molecule has 19 heavy (non-hydrogen) atoms. The smallest absolute Gasteiger partial charge is 0.260 e. The predicted molar refractivity (Wildman–Crippen MR) is 75.2 cm³/mol. The Morgan fingerprint density at radius 1 is 1.42 bits per heavy atom. The molecule has 1 heterocycles. The zero-order chi connectivity index (χ0) is 13.7. The molecule has 1 amide bonds. The molecule has 1 atom stereocenters. The van der Waals surface area contributed by atoms with Gasteiger partial charge in [0.25, 0.3) is 5.91 Å². The normalized spacial score (nSPS) is 16.4. The fraction of sp³-hybridized carbons (Fsp3) is 0.533. The van der Waals surface area contributed by atoms with E-state index in [0.717, 1.165) is 37.2 Å².